The Balaban J connectivity index is 1.68. The predicted molar refractivity (Wildman–Crippen MR) is 109 cm³/mol. The van der Waals surface area contributed by atoms with Crippen LogP contribution in [-0.4, -0.2) is 15.0 Å². The van der Waals surface area contributed by atoms with Crippen LogP contribution < -0.4 is 5.32 Å². The molecule has 0 amide bonds. The van der Waals surface area contributed by atoms with E-state index in [9.17, 15) is 0 Å². The van der Waals surface area contributed by atoms with Crippen molar-refractivity contribution >= 4 is 17.4 Å². The molecule has 0 aliphatic carbocycles. The lowest BCUT2D eigenvalue weighted by Gasteiger charge is -2.10. The summed E-state index contributed by atoms with van der Waals surface area (Å²) < 4.78 is 0. The molecule has 2 heterocycles. The van der Waals surface area contributed by atoms with Gasteiger partial charge in [0.05, 0.1) is 11.4 Å². The summed E-state index contributed by atoms with van der Waals surface area (Å²) in [6.45, 7) is 0.643. The maximum atomic E-state index is 5.96. The van der Waals surface area contributed by atoms with Gasteiger partial charge >= 0.3 is 0 Å². The zero-order valence-corrected chi connectivity index (χ0v) is 15.3. The fourth-order valence-corrected chi connectivity index (χ4v) is 2.82. The summed E-state index contributed by atoms with van der Waals surface area (Å²) in [7, 11) is 0. The van der Waals surface area contributed by atoms with Crippen LogP contribution >= 0.6 is 11.6 Å². The summed E-state index contributed by atoms with van der Waals surface area (Å²) >= 11 is 5.96. The highest BCUT2D eigenvalue weighted by atomic mass is 35.5. The quantitative estimate of drug-likeness (QED) is 0.504. The van der Waals surface area contributed by atoms with Crippen LogP contribution in [0.15, 0.2) is 85.1 Å². The zero-order valence-electron chi connectivity index (χ0n) is 14.5. The van der Waals surface area contributed by atoms with E-state index in [4.69, 9.17) is 16.6 Å². The Morgan fingerprint density at radius 2 is 1.56 bits per heavy atom. The molecule has 0 fully saturated rings. The van der Waals surface area contributed by atoms with E-state index in [0.717, 1.165) is 33.4 Å². The second kappa shape index (κ2) is 7.98. The van der Waals surface area contributed by atoms with E-state index in [1.54, 1.807) is 6.20 Å². The largest absolute Gasteiger partial charge is 0.366 e. The van der Waals surface area contributed by atoms with Crippen LogP contribution in [0.3, 0.4) is 0 Å². The molecule has 27 heavy (non-hydrogen) atoms. The van der Waals surface area contributed by atoms with Gasteiger partial charge in [-0.25, -0.2) is 9.97 Å². The number of hydrogen-bond acceptors (Lipinski definition) is 4. The maximum Gasteiger partial charge on any atom is 0.162 e. The van der Waals surface area contributed by atoms with Gasteiger partial charge in [-0.1, -0.05) is 60.1 Å². The molecular weight excluding hydrogens is 356 g/mol. The Kier molecular flexibility index (Phi) is 5.08. The second-order valence-corrected chi connectivity index (χ2v) is 6.46. The molecule has 0 aliphatic heterocycles. The van der Waals surface area contributed by atoms with Crippen molar-refractivity contribution in [2.24, 2.45) is 0 Å². The van der Waals surface area contributed by atoms with Crippen molar-refractivity contribution in [1.82, 2.24) is 15.0 Å². The molecule has 132 valence electrons. The Bertz CT molecular complexity index is 961. The van der Waals surface area contributed by atoms with Gasteiger partial charge in [-0.15, -0.1) is 0 Å². The molecule has 0 atom stereocenters. The number of benzene rings is 2. The monoisotopic (exact) mass is 372 g/mol. The van der Waals surface area contributed by atoms with Crippen LogP contribution in [0.1, 0.15) is 5.56 Å². The zero-order chi connectivity index (χ0) is 18.5. The number of rotatable bonds is 5. The van der Waals surface area contributed by atoms with Gasteiger partial charge in [-0.3, -0.25) is 4.98 Å². The number of aromatic nitrogens is 3. The maximum absolute atomic E-state index is 5.96. The molecular formula is C22H17ClN4. The molecule has 0 radical (unpaired) electrons. The highest BCUT2D eigenvalue weighted by molar-refractivity contribution is 6.30. The van der Waals surface area contributed by atoms with E-state index in [-0.39, 0.29) is 0 Å². The van der Waals surface area contributed by atoms with Crippen molar-refractivity contribution in [3.63, 3.8) is 0 Å². The van der Waals surface area contributed by atoms with Crippen molar-refractivity contribution in [3.8, 4) is 22.8 Å². The number of nitrogens with zero attached hydrogens (tertiary/aromatic N) is 3. The Labute approximate surface area is 162 Å². The normalized spacial score (nSPS) is 10.6. The molecule has 4 aromatic rings. The summed E-state index contributed by atoms with van der Waals surface area (Å²) in [6, 6.07) is 25.4. The van der Waals surface area contributed by atoms with Crippen molar-refractivity contribution in [2.45, 2.75) is 6.54 Å². The third-order valence-corrected chi connectivity index (χ3v) is 4.32. The first-order valence-corrected chi connectivity index (χ1v) is 9.00. The van der Waals surface area contributed by atoms with Crippen LogP contribution in [0, 0.1) is 0 Å². The van der Waals surface area contributed by atoms with Crippen molar-refractivity contribution in [1.29, 1.82) is 0 Å². The molecule has 4 rings (SSSR count). The van der Waals surface area contributed by atoms with Crippen molar-refractivity contribution in [3.05, 3.63) is 95.6 Å². The number of hydrogen-bond donors (Lipinski definition) is 1. The van der Waals surface area contributed by atoms with Gasteiger partial charge in [-0.2, -0.15) is 0 Å². The second-order valence-electron chi connectivity index (χ2n) is 6.02. The number of anilines is 1. The van der Waals surface area contributed by atoms with Crippen LogP contribution in [0.25, 0.3) is 22.8 Å². The topological polar surface area (TPSA) is 50.7 Å². The highest BCUT2D eigenvalue weighted by Crippen LogP contribution is 2.23. The molecule has 0 saturated carbocycles. The molecule has 2 aromatic heterocycles. The smallest absolute Gasteiger partial charge is 0.162 e. The predicted octanol–water partition coefficient (Wildman–Crippen LogP) is 5.47. The van der Waals surface area contributed by atoms with Gasteiger partial charge in [0.15, 0.2) is 5.82 Å². The van der Waals surface area contributed by atoms with E-state index < -0.39 is 0 Å². The van der Waals surface area contributed by atoms with Gasteiger partial charge in [0.2, 0.25) is 0 Å². The first kappa shape index (κ1) is 17.2. The molecule has 0 saturated heterocycles. The minimum Gasteiger partial charge on any atom is -0.366 e. The van der Waals surface area contributed by atoms with Gasteiger partial charge in [-0.05, 0) is 29.8 Å². The summed E-state index contributed by atoms with van der Waals surface area (Å²) in [5.41, 5.74) is 3.68. The molecule has 5 heteroatoms. The molecule has 4 nitrogen and oxygen atoms in total. The van der Waals surface area contributed by atoms with E-state index in [0.29, 0.717) is 12.4 Å². The molecule has 0 bridgehead atoms. The van der Waals surface area contributed by atoms with E-state index in [1.807, 2.05) is 78.9 Å². The Morgan fingerprint density at radius 3 is 2.30 bits per heavy atom. The fourth-order valence-electron chi connectivity index (χ4n) is 2.69. The minimum absolute atomic E-state index is 0.643. The standard InChI is InChI=1S/C22H17ClN4/c23-18-11-9-16(10-12-18)15-25-21-14-20(19-8-4-5-13-24-19)26-22(27-21)17-6-2-1-3-7-17/h1-14H,15H2,(H,25,26,27). The summed E-state index contributed by atoms with van der Waals surface area (Å²) in [6.07, 6.45) is 1.76. The number of pyridine rings is 1. The molecule has 0 aliphatic rings. The van der Waals surface area contributed by atoms with Gasteiger partial charge < -0.3 is 5.32 Å². The average Bonchev–Trinajstić information content (AvgIpc) is 2.74. The van der Waals surface area contributed by atoms with E-state index in [1.165, 1.54) is 0 Å². The lowest BCUT2D eigenvalue weighted by molar-refractivity contribution is 1.08. The van der Waals surface area contributed by atoms with E-state index >= 15 is 0 Å². The summed E-state index contributed by atoms with van der Waals surface area (Å²) in [4.78, 5) is 13.8. The van der Waals surface area contributed by atoms with Gasteiger partial charge in [0, 0.05) is 29.4 Å². The van der Waals surface area contributed by atoms with Gasteiger partial charge in [0.25, 0.3) is 0 Å². The fraction of sp³-hybridized carbons (Fsp3) is 0.0455. The number of halogens is 1. The molecule has 1 N–H and O–H groups in total. The molecule has 0 unspecified atom stereocenters. The Hall–Kier alpha value is -3.24. The van der Waals surface area contributed by atoms with Crippen molar-refractivity contribution in [2.75, 3.05) is 5.32 Å². The van der Waals surface area contributed by atoms with E-state index in [2.05, 4.69) is 15.3 Å². The van der Waals surface area contributed by atoms with Gasteiger partial charge in [0.1, 0.15) is 5.82 Å². The Morgan fingerprint density at radius 1 is 0.778 bits per heavy atom. The lowest BCUT2D eigenvalue weighted by Crippen LogP contribution is -2.04. The van der Waals surface area contributed by atoms with Crippen LogP contribution in [0.4, 0.5) is 5.82 Å². The van der Waals surface area contributed by atoms with Crippen LogP contribution in [0.2, 0.25) is 5.02 Å². The summed E-state index contributed by atoms with van der Waals surface area (Å²) in [5, 5.41) is 4.11. The van der Waals surface area contributed by atoms with Crippen LogP contribution in [-0.2, 0) is 6.54 Å². The lowest BCUT2D eigenvalue weighted by atomic mass is 10.2. The van der Waals surface area contributed by atoms with Crippen molar-refractivity contribution < 1.29 is 0 Å². The molecule has 0 spiro atoms. The number of nitrogens with one attached hydrogen (secondary N) is 1. The first-order valence-electron chi connectivity index (χ1n) is 8.62. The average molecular weight is 373 g/mol. The summed E-state index contributed by atoms with van der Waals surface area (Å²) in [5.74, 6) is 1.41. The first-order chi connectivity index (χ1) is 13.3. The third-order valence-electron chi connectivity index (χ3n) is 4.07. The SMILES string of the molecule is Clc1ccc(CNc2cc(-c3ccccn3)nc(-c3ccccc3)n2)cc1. The highest BCUT2D eigenvalue weighted by Gasteiger charge is 2.09. The third kappa shape index (κ3) is 4.30. The molecule has 2 aromatic carbocycles. The minimum atomic E-state index is 0.643. The van der Waals surface area contributed by atoms with Crippen LogP contribution in [0.5, 0.6) is 0 Å².